The topological polar surface area (TPSA) is 56.0 Å². The lowest BCUT2D eigenvalue weighted by Gasteiger charge is -2.20. The number of primary amides is 1. The van der Waals surface area contributed by atoms with Gasteiger partial charge in [-0.15, -0.1) is 0 Å². The Morgan fingerprint density at radius 2 is 1.93 bits per heavy atom. The Morgan fingerprint density at radius 1 is 1.36 bits per heavy atom. The standard InChI is InChI=1S/C11H16N2O/c1-7-5-6-8(10(12)14)9(13-7)11(2,3)4/h5-6H,1-4H3,(H2,12,14). The first-order valence-corrected chi connectivity index (χ1v) is 4.60. The summed E-state index contributed by atoms with van der Waals surface area (Å²) in [6.45, 7) is 7.95. The molecule has 14 heavy (non-hydrogen) atoms. The number of nitrogens with zero attached hydrogens (tertiary/aromatic N) is 1. The summed E-state index contributed by atoms with van der Waals surface area (Å²) in [6.07, 6.45) is 0. The van der Waals surface area contributed by atoms with E-state index in [1.165, 1.54) is 0 Å². The second-order valence-electron chi connectivity index (χ2n) is 4.46. The molecule has 1 rings (SSSR count). The van der Waals surface area contributed by atoms with Gasteiger partial charge < -0.3 is 5.73 Å². The maximum Gasteiger partial charge on any atom is 0.250 e. The first kappa shape index (κ1) is 10.7. The maximum absolute atomic E-state index is 11.2. The van der Waals surface area contributed by atoms with Crippen LogP contribution in [-0.4, -0.2) is 10.9 Å². The zero-order valence-electron chi connectivity index (χ0n) is 9.09. The van der Waals surface area contributed by atoms with Crippen molar-refractivity contribution in [3.8, 4) is 0 Å². The Labute approximate surface area is 84.3 Å². The molecule has 0 aliphatic carbocycles. The third-order valence-corrected chi connectivity index (χ3v) is 2.01. The molecule has 0 aliphatic rings. The molecular weight excluding hydrogens is 176 g/mol. The van der Waals surface area contributed by atoms with Gasteiger partial charge in [0.05, 0.1) is 11.3 Å². The van der Waals surface area contributed by atoms with E-state index in [9.17, 15) is 4.79 Å². The second kappa shape index (κ2) is 3.40. The third kappa shape index (κ3) is 2.10. The summed E-state index contributed by atoms with van der Waals surface area (Å²) in [6, 6.07) is 3.54. The number of aryl methyl sites for hydroxylation is 1. The molecule has 0 saturated heterocycles. The van der Waals surface area contributed by atoms with Gasteiger partial charge in [-0.25, -0.2) is 0 Å². The molecule has 0 unspecified atom stereocenters. The molecule has 0 saturated carbocycles. The zero-order valence-corrected chi connectivity index (χ0v) is 9.09. The van der Waals surface area contributed by atoms with E-state index in [4.69, 9.17) is 5.73 Å². The van der Waals surface area contributed by atoms with Gasteiger partial charge in [-0.1, -0.05) is 20.8 Å². The van der Waals surface area contributed by atoms with Gasteiger partial charge in [0, 0.05) is 11.1 Å². The molecule has 1 amide bonds. The fraction of sp³-hybridized carbons (Fsp3) is 0.455. The minimum Gasteiger partial charge on any atom is -0.366 e. The van der Waals surface area contributed by atoms with Gasteiger partial charge in [-0.05, 0) is 19.1 Å². The van der Waals surface area contributed by atoms with E-state index in [0.29, 0.717) is 5.56 Å². The molecule has 0 fully saturated rings. The summed E-state index contributed by atoms with van der Waals surface area (Å²) in [4.78, 5) is 15.5. The fourth-order valence-electron chi connectivity index (χ4n) is 1.33. The normalized spacial score (nSPS) is 11.4. The largest absolute Gasteiger partial charge is 0.366 e. The summed E-state index contributed by atoms with van der Waals surface area (Å²) in [5, 5.41) is 0. The third-order valence-electron chi connectivity index (χ3n) is 2.01. The fourth-order valence-corrected chi connectivity index (χ4v) is 1.33. The van der Waals surface area contributed by atoms with Crippen molar-refractivity contribution in [1.29, 1.82) is 0 Å². The molecule has 0 spiro atoms. The van der Waals surface area contributed by atoms with E-state index in [-0.39, 0.29) is 5.41 Å². The van der Waals surface area contributed by atoms with E-state index in [2.05, 4.69) is 4.98 Å². The van der Waals surface area contributed by atoms with Crippen LogP contribution in [0.15, 0.2) is 12.1 Å². The van der Waals surface area contributed by atoms with E-state index in [0.717, 1.165) is 11.4 Å². The highest BCUT2D eigenvalue weighted by Crippen LogP contribution is 2.23. The lowest BCUT2D eigenvalue weighted by Crippen LogP contribution is -2.23. The van der Waals surface area contributed by atoms with Gasteiger partial charge in [0.15, 0.2) is 0 Å². The van der Waals surface area contributed by atoms with Crippen LogP contribution in [0.5, 0.6) is 0 Å². The monoisotopic (exact) mass is 192 g/mol. The van der Waals surface area contributed by atoms with Gasteiger partial charge >= 0.3 is 0 Å². The van der Waals surface area contributed by atoms with Crippen molar-refractivity contribution in [2.24, 2.45) is 5.73 Å². The maximum atomic E-state index is 11.2. The van der Waals surface area contributed by atoms with Crippen molar-refractivity contribution in [3.05, 3.63) is 29.1 Å². The van der Waals surface area contributed by atoms with Gasteiger partial charge in [0.2, 0.25) is 0 Å². The van der Waals surface area contributed by atoms with Crippen LogP contribution >= 0.6 is 0 Å². The number of carbonyl (C=O) groups is 1. The van der Waals surface area contributed by atoms with Crippen LogP contribution in [-0.2, 0) is 5.41 Å². The van der Waals surface area contributed by atoms with Crippen LogP contribution in [0.25, 0.3) is 0 Å². The highest BCUT2D eigenvalue weighted by Gasteiger charge is 2.22. The number of hydrogen-bond acceptors (Lipinski definition) is 2. The summed E-state index contributed by atoms with van der Waals surface area (Å²) >= 11 is 0. The van der Waals surface area contributed by atoms with Crippen LogP contribution in [0.3, 0.4) is 0 Å². The van der Waals surface area contributed by atoms with Crippen LogP contribution in [0.2, 0.25) is 0 Å². The second-order valence-corrected chi connectivity index (χ2v) is 4.46. The van der Waals surface area contributed by atoms with E-state index >= 15 is 0 Å². The van der Waals surface area contributed by atoms with Crippen molar-refractivity contribution in [2.45, 2.75) is 33.1 Å². The van der Waals surface area contributed by atoms with Crippen LogP contribution in [0.1, 0.15) is 42.5 Å². The molecule has 76 valence electrons. The van der Waals surface area contributed by atoms with Crippen molar-refractivity contribution < 1.29 is 4.79 Å². The molecule has 3 nitrogen and oxygen atoms in total. The Balaban J connectivity index is 3.38. The van der Waals surface area contributed by atoms with Crippen molar-refractivity contribution in [3.63, 3.8) is 0 Å². The number of aromatic nitrogens is 1. The highest BCUT2D eigenvalue weighted by atomic mass is 16.1. The SMILES string of the molecule is Cc1ccc(C(N)=O)c(C(C)(C)C)n1. The Hall–Kier alpha value is -1.38. The minimum atomic E-state index is -0.414. The lowest BCUT2D eigenvalue weighted by molar-refractivity contribution is 0.0997. The summed E-state index contributed by atoms with van der Waals surface area (Å²) in [5.74, 6) is -0.414. The predicted octanol–water partition coefficient (Wildman–Crippen LogP) is 1.79. The van der Waals surface area contributed by atoms with E-state index < -0.39 is 5.91 Å². The molecule has 0 atom stereocenters. The molecule has 3 heteroatoms. The summed E-state index contributed by atoms with van der Waals surface area (Å²) in [7, 11) is 0. The van der Waals surface area contributed by atoms with Crippen molar-refractivity contribution in [2.75, 3.05) is 0 Å². The predicted molar refractivity (Wildman–Crippen MR) is 56.2 cm³/mol. The molecule has 1 heterocycles. The first-order chi connectivity index (χ1) is 6.32. The van der Waals surface area contributed by atoms with Gasteiger partial charge in [-0.3, -0.25) is 9.78 Å². The Bertz CT molecular complexity index is 364. The van der Waals surface area contributed by atoms with Crippen LogP contribution in [0.4, 0.5) is 0 Å². The number of carbonyl (C=O) groups excluding carboxylic acids is 1. The molecule has 0 radical (unpaired) electrons. The van der Waals surface area contributed by atoms with Crippen molar-refractivity contribution >= 4 is 5.91 Å². The number of amides is 1. The number of nitrogens with two attached hydrogens (primary N) is 1. The lowest BCUT2D eigenvalue weighted by atomic mass is 9.88. The number of hydrogen-bond donors (Lipinski definition) is 1. The molecule has 0 bridgehead atoms. The smallest absolute Gasteiger partial charge is 0.250 e. The molecule has 1 aromatic rings. The van der Waals surface area contributed by atoms with E-state index in [1.807, 2.05) is 27.7 Å². The van der Waals surface area contributed by atoms with Crippen LogP contribution < -0.4 is 5.73 Å². The van der Waals surface area contributed by atoms with Gasteiger partial charge in [-0.2, -0.15) is 0 Å². The Morgan fingerprint density at radius 3 is 2.36 bits per heavy atom. The number of pyridine rings is 1. The molecule has 2 N–H and O–H groups in total. The van der Waals surface area contributed by atoms with Gasteiger partial charge in [0.25, 0.3) is 5.91 Å². The number of rotatable bonds is 1. The van der Waals surface area contributed by atoms with Crippen LogP contribution in [0, 0.1) is 6.92 Å². The molecular formula is C11H16N2O. The highest BCUT2D eigenvalue weighted by molar-refractivity contribution is 5.94. The minimum absolute atomic E-state index is 0.156. The van der Waals surface area contributed by atoms with Gasteiger partial charge in [0.1, 0.15) is 0 Å². The summed E-state index contributed by atoms with van der Waals surface area (Å²) < 4.78 is 0. The first-order valence-electron chi connectivity index (χ1n) is 4.60. The molecule has 1 aromatic heterocycles. The van der Waals surface area contributed by atoms with Crippen molar-refractivity contribution in [1.82, 2.24) is 4.98 Å². The molecule has 0 aromatic carbocycles. The zero-order chi connectivity index (χ0) is 10.9. The molecule has 0 aliphatic heterocycles. The Kier molecular flexibility index (Phi) is 2.60. The summed E-state index contributed by atoms with van der Waals surface area (Å²) in [5.41, 5.74) is 7.31. The van der Waals surface area contributed by atoms with E-state index in [1.54, 1.807) is 12.1 Å². The average Bonchev–Trinajstić information content (AvgIpc) is 2.01. The quantitative estimate of drug-likeness (QED) is 0.737. The average molecular weight is 192 g/mol.